The molecule has 0 aliphatic carbocycles. The highest BCUT2D eigenvalue weighted by Crippen LogP contribution is 2.23. The van der Waals surface area contributed by atoms with Crippen molar-refractivity contribution in [3.8, 4) is 0 Å². The number of methoxy groups -OCH3 is 1. The maximum atomic E-state index is 12.1. The second kappa shape index (κ2) is 7.06. The Morgan fingerprint density at radius 1 is 1.27 bits per heavy atom. The normalized spacial score (nSPS) is 16.4. The van der Waals surface area contributed by atoms with E-state index in [1.807, 2.05) is 13.8 Å². The number of hydrogen-bond acceptors (Lipinski definition) is 2. The number of likely N-dealkylation sites (N-methyl/N-ethyl adjacent to an activating group) is 1. The lowest BCUT2D eigenvalue weighted by molar-refractivity contribution is -0.138. The van der Waals surface area contributed by atoms with Crippen LogP contribution in [0.25, 0.3) is 0 Å². The van der Waals surface area contributed by atoms with Crippen LogP contribution in [0.2, 0.25) is 0 Å². The van der Waals surface area contributed by atoms with Crippen molar-refractivity contribution in [2.45, 2.75) is 51.4 Å². The van der Waals surface area contributed by atoms with E-state index in [4.69, 9.17) is 4.74 Å². The third kappa shape index (κ3) is 6.73. The Hall–Kier alpha value is -0.290. The number of nitrogens with one attached hydrogen (secondary N) is 1. The molecule has 2 nitrogen and oxygen atoms in total. The molecule has 0 rings (SSSR count). The molecular weight excluding hydrogens is 207 g/mol. The number of rotatable bonds is 7. The summed E-state index contributed by atoms with van der Waals surface area (Å²) in [7, 11) is 1.53. The van der Waals surface area contributed by atoms with Crippen molar-refractivity contribution in [1.29, 1.82) is 0 Å². The minimum atomic E-state index is -4.08. The fourth-order valence-corrected chi connectivity index (χ4v) is 1.62. The molecule has 2 atom stereocenters. The van der Waals surface area contributed by atoms with Crippen molar-refractivity contribution in [2.75, 3.05) is 13.7 Å². The van der Waals surface area contributed by atoms with Gasteiger partial charge in [0.05, 0.1) is 6.10 Å². The summed E-state index contributed by atoms with van der Waals surface area (Å²) in [6.07, 6.45) is -4.20. The van der Waals surface area contributed by atoms with Crippen molar-refractivity contribution < 1.29 is 17.9 Å². The first-order valence-corrected chi connectivity index (χ1v) is 5.27. The van der Waals surface area contributed by atoms with E-state index in [0.717, 1.165) is 0 Å². The van der Waals surface area contributed by atoms with Crippen LogP contribution < -0.4 is 5.32 Å². The molecule has 2 unspecified atom stereocenters. The molecule has 0 saturated heterocycles. The van der Waals surface area contributed by atoms with E-state index in [-0.39, 0.29) is 18.6 Å². The molecule has 1 N–H and O–H groups in total. The summed E-state index contributed by atoms with van der Waals surface area (Å²) in [4.78, 5) is 0. The van der Waals surface area contributed by atoms with Crippen LogP contribution in [-0.2, 0) is 4.74 Å². The SMILES string of the molecule is CCNC(CCC(F)(F)F)C(CC)OC. The lowest BCUT2D eigenvalue weighted by Crippen LogP contribution is -2.41. The summed E-state index contributed by atoms with van der Waals surface area (Å²) in [5.41, 5.74) is 0. The van der Waals surface area contributed by atoms with Crippen LogP contribution in [0.1, 0.15) is 33.1 Å². The fraction of sp³-hybridized carbons (Fsp3) is 1.00. The molecule has 0 aromatic carbocycles. The summed E-state index contributed by atoms with van der Waals surface area (Å²) in [5, 5.41) is 3.03. The Labute approximate surface area is 89.2 Å². The van der Waals surface area contributed by atoms with Crippen LogP contribution in [0.3, 0.4) is 0 Å². The summed E-state index contributed by atoms with van der Waals surface area (Å²) in [6.45, 7) is 4.44. The van der Waals surface area contributed by atoms with Gasteiger partial charge in [0.1, 0.15) is 0 Å². The second-order valence-electron chi connectivity index (χ2n) is 3.50. The molecular formula is C10H20F3NO. The minimum Gasteiger partial charge on any atom is -0.380 e. The summed E-state index contributed by atoms with van der Waals surface area (Å²) in [5.74, 6) is 0. The zero-order chi connectivity index (χ0) is 11.9. The maximum absolute atomic E-state index is 12.1. The monoisotopic (exact) mass is 227 g/mol. The molecule has 0 aliphatic heterocycles. The van der Waals surface area contributed by atoms with Crippen molar-refractivity contribution in [3.63, 3.8) is 0 Å². The zero-order valence-electron chi connectivity index (χ0n) is 9.53. The molecule has 0 radical (unpaired) electrons. The Kier molecular flexibility index (Phi) is 6.92. The summed E-state index contributed by atoms with van der Waals surface area (Å²) < 4.78 is 41.3. The molecule has 0 spiro atoms. The highest BCUT2D eigenvalue weighted by atomic mass is 19.4. The Morgan fingerprint density at radius 2 is 1.87 bits per heavy atom. The van der Waals surface area contributed by atoms with Crippen molar-refractivity contribution >= 4 is 0 Å². The topological polar surface area (TPSA) is 21.3 Å². The predicted molar refractivity (Wildman–Crippen MR) is 53.8 cm³/mol. The summed E-state index contributed by atoms with van der Waals surface area (Å²) >= 11 is 0. The van der Waals surface area contributed by atoms with Crippen LogP contribution in [0.15, 0.2) is 0 Å². The molecule has 92 valence electrons. The average molecular weight is 227 g/mol. The Morgan fingerprint density at radius 3 is 2.20 bits per heavy atom. The largest absolute Gasteiger partial charge is 0.389 e. The summed E-state index contributed by atoms with van der Waals surface area (Å²) in [6, 6.07) is -0.216. The first kappa shape index (κ1) is 14.7. The number of hydrogen-bond donors (Lipinski definition) is 1. The predicted octanol–water partition coefficient (Wildman–Crippen LogP) is 2.73. The van der Waals surface area contributed by atoms with Crippen molar-refractivity contribution in [1.82, 2.24) is 5.32 Å². The van der Waals surface area contributed by atoms with Gasteiger partial charge in [0.15, 0.2) is 0 Å². The molecule has 0 aromatic heterocycles. The molecule has 0 aliphatic rings. The van der Waals surface area contributed by atoms with Gasteiger partial charge < -0.3 is 10.1 Å². The van der Waals surface area contributed by atoms with Gasteiger partial charge >= 0.3 is 6.18 Å². The molecule has 0 saturated carbocycles. The van der Waals surface area contributed by atoms with E-state index in [1.165, 1.54) is 7.11 Å². The van der Waals surface area contributed by atoms with Gasteiger partial charge in [0.2, 0.25) is 0 Å². The second-order valence-corrected chi connectivity index (χ2v) is 3.50. The van der Waals surface area contributed by atoms with E-state index < -0.39 is 12.6 Å². The molecule has 0 aromatic rings. The molecule has 5 heteroatoms. The maximum Gasteiger partial charge on any atom is 0.389 e. The highest BCUT2D eigenvalue weighted by molar-refractivity contribution is 4.76. The van der Waals surface area contributed by atoms with Crippen molar-refractivity contribution in [2.24, 2.45) is 0 Å². The third-order valence-corrected chi connectivity index (χ3v) is 2.36. The van der Waals surface area contributed by atoms with Gasteiger partial charge in [-0.1, -0.05) is 13.8 Å². The molecule has 0 fully saturated rings. The lowest BCUT2D eigenvalue weighted by atomic mass is 10.0. The fourth-order valence-electron chi connectivity index (χ4n) is 1.62. The van der Waals surface area contributed by atoms with E-state index in [2.05, 4.69) is 5.32 Å². The van der Waals surface area contributed by atoms with E-state index in [0.29, 0.717) is 13.0 Å². The van der Waals surface area contributed by atoms with Gasteiger partial charge in [-0.25, -0.2) is 0 Å². The third-order valence-electron chi connectivity index (χ3n) is 2.36. The van der Waals surface area contributed by atoms with Gasteiger partial charge in [-0.2, -0.15) is 13.2 Å². The molecule has 0 heterocycles. The van der Waals surface area contributed by atoms with Crippen LogP contribution in [-0.4, -0.2) is 32.0 Å². The van der Waals surface area contributed by atoms with E-state index >= 15 is 0 Å². The highest BCUT2D eigenvalue weighted by Gasteiger charge is 2.30. The first-order valence-electron chi connectivity index (χ1n) is 5.27. The van der Waals surface area contributed by atoms with Gasteiger partial charge in [-0.3, -0.25) is 0 Å². The van der Waals surface area contributed by atoms with E-state index in [9.17, 15) is 13.2 Å². The van der Waals surface area contributed by atoms with Gasteiger partial charge in [-0.05, 0) is 19.4 Å². The minimum absolute atomic E-state index is 0.0731. The Bertz CT molecular complexity index is 157. The number of ether oxygens (including phenoxy) is 1. The smallest absolute Gasteiger partial charge is 0.380 e. The lowest BCUT2D eigenvalue weighted by Gasteiger charge is -2.26. The standard InChI is InChI=1S/C10H20F3NO/c1-4-9(15-3)8(14-5-2)6-7-10(11,12)13/h8-9,14H,4-7H2,1-3H3. The van der Waals surface area contributed by atoms with Crippen LogP contribution in [0.5, 0.6) is 0 Å². The van der Waals surface area contributed by atoms with Crippen LogP contribution in [0, 0.1) is 0 Å². The van der Waals surface area contributed by atoms with Crippen molar-refractivity contribution in [3.05, 3.63) is 0 Å². The van der Waals surface area contributed by atoms with Gasteiger partial charge in [0, 0.05) is 19.6 Å². The van der Waals surface area contributed by atoms with Crippen LogP contribution >= 0.6 is 0 Å². The van der Waals surface area contributed by atoms with E-state index in [1.54, 1.807) is 0 Å². The molecule has 0 bridgehead atoms. The average Bonchev–Trinajstić information content (AvgIpc) is 2.14. The van der Waals surface area contributed by atoms with Crippen LogP contribution in [0.4, 0.5) is 13.2 Å². The molecule has 0 amide bonds. The number of halogens is 3. The molecule has 15 heavy (non-hydrogen) atoms. The quantitative estimate of drug-likeness (QED) is 0.722. The van der Waals surface area contributed by atoms with Gasteiger partial charge in [0.25, 0.3) is 0 Å². The number of alkyl halides is 3. The zero-order valence-corrected chi connectivity index (χ0v) is 9.53. The Balaban J connectivity index is 4.13. The van der Waals surface area contributed by atoms with Gasteiger partial charge in [-0.15, -0.1) is 0 Å². The first-order chi connectivity index (χ1) is 6.94.